The molecule has 1 unspecified atom stereocenters. The molecule has 0 aliphatic heterocycles. The normalized spacial score (nSPS) is 12.5. The first-order chi connectivity index (χ1) is 14.2. The summed E-state index contributed by atoms with van der Waals surface area (Å²) in [5.74, 6) is 0.369. The van der Waals surface area contributed by atoms with E-state index in [-0.39, 0.29) is 6.04 Å². The van der Waals surface area contributed by atoms with Gasteiger partial charge in [0.2, 0.25) is 0 Å². The van der Waals surface area contributed by atoms with Crippen molar-refractivity contribution < 1.29 is 5.11 Å². The average molecular weight is 394 g/mol. The van der Waals surface area contributed by atoms with E-state index in [4.69, 9.17) is 10.2 Å². The van der Waals surface area contributed by atoms with Crippen LogP contribution in [0, 0.1) is 6.92 Å². The molecule has 156 valence electrons. The van der Waals surface area contributed by atoms with E-state index in [1.165, 1.54) is 56.9 Å². The van der Waals surface area contributed by atoms with Crippen molar-refractivity contribution in [3.05, 3.63) is 53.6 Å². The van der Waals surface area contributed by atoms with Gasteiger partial charge in [-0.1, -0.05) is 88.1 Å². The summed E-state index contributed by atoms with van der Waals surface area (Å²) in [7, 11) is 0. The van der Waals surface area contributed by atoms with E-state index >= 15 is 0 Å². The number of aromatic hydroxyl groups is 1. The second-order valence-corrected chi connectivity index (χ2v) is 8.26. The molecule has 1 heterocycles. The third-order valence-electron chi connectivity index (χ3n) is 5.71. The second kappa shape index (κ2) is 11.0. The lowest BCUT2D eigenvalue weighted by molar-refractivity contribution is 0.360. The molecule has 0 spiro atoms. The van der Waals surface area contributed by atoms with Crippen LogP contribution in [0.2, 0.25) is 0 Å². The Morgan fingerprint density at radius 1 is 0.862 bits per heavy atom. The number of phenols is 1. The first-order valence-electron chi connectivity index (χ1n) is 11.3. The third-order valence-corrected chi connectivity index (χ3v) is 5.71. The van der Waals surface area contributed by atoms with Gasteiger partial charge < -0.3 is 5.11 Å². The number of phenolic OH excluding ortho intramolecular Hbond substituents is 1. The van der Waals surface area contributed by atoms with Crippen molar-refractivity contribution in [1.29, 1.82) is 0 Å². The highest BCUT2D eigenvalue weighted by molar-refractivity contribution is 5.73. The van der Waals surface area contributed by atoms with Crippen LogP contribution in [0.3, 0.4) is 0 Å². The lowest BCUT2D eigenvalue weighted by Crippen LogP contribution is -2.15. The molecule has 4 nitrogen and oxygen atoms in total. The topological polar surface area (TPSA) is 50.9 Å². The zero-order valence-electron chi connectivity index (χ0n) is 18.0. The summed E-state index contributed by atoms with van der Waals surface area (Å²) in [4.78, 5) is 1.88. The minimum Gasteiger partial charge on any atom is -0.508 e. The maximum Gasteiger partial charge on any atom is 0.118 e. The minimum absolute atomic E-state index is 0.162. The fourth-order valence-electron chi connectivity index (χ4n) is 3.98. The quantitative estimate of drug-likeness (QED) is 0.346. The van der Waals surface area contributed by atoms with E-state index in [1.54, 1.807) is 6.07 Å². The van der Waals surface area contributed by atoms with Gasteiger partial charge in [-0.3, -0.25) is 0 Å². The van der Waals surface area contributed by atoms with Crippen LogP contribution in [0.5, 0.6) is 5.75 Å². The van der Waals surface area contributed by atoms with Crippen LogP contribution in [-0.2, 0) is 6.42 Å². The molecule has 1 N–H and O–H groups in total. The molecule has 2 aromatic carbocycles. The van der Waals surface area contributed by atoms with Crippen molar-refractivity contribution in [1.82, 2.24) is 15.0 Å². The number of hydrogen-bond donors (Lipinski definition) is 1. The zero-order valence-corrected chi connectivity index (χ0v) is 18.0. The molecule has 4 heteroatoms. The molecule has 0 bridgehead atoms. The van der Waals surface area contributed by atoms with Crippen molar-refractivity contribution >= 4 is 11.0 Å². The van der Waals surface area contributed by atoms with Gasteiger partial charge in [-0.2, -0.15) is 15.0 Å². The van der Waals surface area contributed by atoms with Crippen LogP contribution in [0.1, 0.15) is 81.9 Å². The molecular weight excluding hydrogens is 358 g/mol. The number of aromatic nitrogens is 3. The lowest BCUT2D eigenvalue weighted by Gasteiger charge is -2.17. The van der Waals surface area contributed by atoms with E-state index in [0.717, 1.165) is 29.4 Å². The fraction of sp³-hybridized carbons (Fsp3) is 0.520. The Morgan fingerprint density at radius 3 is 2.14 bits per heavy atom. The van der Waals surface area contributed by atoms with Crippen molar-refractivity contribution in [3.63, 3.8) is 0 Å². The number of fused-ring (bicyclic) bond motifs is 1. The van der Waals surface area contributed by atoms with E-state index < -0.39 is 0 Å². The van der Waals surface area contributed by atoms with Gasteiger partial charge >= 0.3 is 0 Å². The lowest BCUT2D eigenvalue weighted by atomic mass is 9.98. The van der Waals surface area contributed by atoms with Crippen LogP contribution >= 0.6 is 0 Å². The van der Waals surface area contributed by atoms with E-state index in [2.05, 4.69) is 19.9 Å². The van der Waals surface area contributed by atoms with Crippen LogP contribution in [0.15, 0.2) is 42.5 Å². The second-order valence-electron chi connectivity index (χ2n) is 8.26. The third kappa shape index (κ3) is 6.31. The summed E-state index contributed by atoms with van der Waals surface area (Å²) < 4.78 is 0. The van der Waals surface area contributed by atoms with Gasteiger partial charge in [0.25, 0.3) is 0 Å². The van der Waals surface area contributed by atoms with Gasteiger partial charge in [0.15, 0.2) is 0 Å². The van der Waals surface area contributed by atoms with E-state index in [9.17, 15) is 5.11 Å². The molecule has 0 radical (unpaired) electrons. The molecule has 0 saturated heterocycles. The number of aryl methyl sites for hydroxylation is 1. The fourth-order valence-corrected chi connectivity index (χ4v) is 3.98. The Hall–Kier alpha value is -2.36. The number of hydrogen-bond acceptors (Lipinski definition) is 3. The zero-order chi connectivity index (χ0) is 20.5. The average Bonchev–Trinajstić information content (AvgIpc) is 3.15. The minimum atomic E-state index is 0.162. The maximum absolute atomic E-state index is 10.3. The van der Waals surface area contributed by atoms with Crippen molar-refractivity contribution in [2.75, 3.05) is 0 Å². The number of benzene rings is 2. The largest absolute Gasteiger partial charge is 0.508 e. The number of rotatable bonds is 12. The van der Waals surface area contributed by atoms with Crippen molar-refractivity contribution in [2.24, 2.45) is 0 Å². The maximum atomic E-state index is 10.3. The molecule has 0 saturated carbocycles. The molecule has 0 amide bonds. The van der Waals surface area contributed by atoms with Gasteiger partial charge in [0.05, 0.1) is 6.04 Å². The summed E-state index contributed by atoms with van der Waals surface area (Å²) in [6.07, 6.45) is 12.3. The van der Waals surface area contributed by atoms with Crippen LogP contribution in [-0.4, -0.2) is 20.1 Å². The Bertz CT molecular complexity index is 854. The van der Waals surface area contributed by atoms with Crippen molar-refractivity contribution in [2.45, 2.75) is 84.1 Å². The summed E-state index contributed by atoms with van der Waals surface area (Å²) in [5.41, 5.74) is 4.02. The highest BCUT2D eigenvalue weighted by Crippen LogP contribution is 2.27. The first-order valence-corrected chi connectivity index (χ1v) is 11.3. The molecule has 29 heavy (non-hydrogen) atoms. The predicted molar refractivity (Wildman–Crippen MR) is 120 cm³/mol. The Morgan fingerprint density at radius 2 is 1.48 bits per heavy atom. The molecule has 0 aliphatic rings. The Balaban J connectivity index is 1.64. The molecule has 1 atom stereocenters. The van der Waals surface area contributed by atoms with E-state index in [0.29, 0.717) is 5.75 Å². The Labute approximate surface area is 175 Å². The summed E-state index contributed by atoms with van der Waals surface area (Å²) in [5, 5.41) is 19.8. The molecule has 1 aromatic heterocycles. The highest BCUT2D eigenvalue weighted by atomic mass is 16.3. The summed E-state index contributed by atoms with van der Waals surface area (Å²) >= 11 is 0. The molecule has 0 aliphatic carbocycles. The van der Waals surface area contributed by atoms with E-state index in [1.807, 2.05) is 35.1 Å². The predicted octanol–water partition coefficient (Wildman–Crippen LogP) is 6.76. The molecule has 3 rings (SSSR count). The standard InChI is InChI=1S/C25H35N3O/c1-3-4-5-6-7-8-9-10-13-22(19-21-18-20(2)16-17-25(21)29)28-26-23-14-11-12-15-24(23)27-28/h11-12,14-18,22,29H,3-10,13,19H2,1-2H3. The van der Waals surface area contributed by atoms with Gasteiger partial charge in [-0.05, 0) is 37.1 Å². The molecule has 0 fully saturated rings. The molecular formula is C25H35N3O. The monoisotopic (exact) mass is 393 g/mol. The Kier molecular flexibility index (Phi) is 8.09. The highest BCUT2D eigenvalue weighted by Gasteiger charge is 2.17. The van der Waals surface area contributed by atoms with Crippen LogP contribution in [0.4, 0.5) is 0 Å². The van der Waals surface area contributed by atoms with Gasteiger partial charge in [-0.15, -0.1) is 0 Å². The van der Waals surface area contributed by atoms with Gasteiger partial charge in [0.1, 0.15) is 16.8 Å². The summed E-state index contributed by atoms with van der Waals surface area (Å²) in [6, 6.07) is 14.0. The van der Waals surface area contributed by atoms with Crippen LogP contribution < -0.4 is 0 Å². The summed E-state index contributed by atoms with van der Waals surface area (Å²) in [6.45, 7) is 4.33. The van der Waals surface area contributed by atoms with Crippen LogP contribution in [0.25, 0.3) is 11.0 Å². The number of nitrogens with zero attached hydrogens (tertiary/aromatic N) is 3. The van der Waals surface area contributed by atoms with Crippen molar-refractivity contribution in [3.8, 4) is 5.75 Å². The SMILES string of the molecule is CCCCCCCCCCC(Cc1cc(C)ccc1O)n1nc2ccccc2n1. The first kappa shape index (κ1) is 21.4. The smallest absolute Gasteiger partial charge is 0.118 e. The number of unbranched alkanes of at least 4 members (excludes halogenated alkanes) is 7. The van der Waals surface area contributed by atoms with Gasteiger partial charge in [-0.25, -0.2) is 0 Å². The van der Waals surface area contributed by atoms with Gasteiger partial charge in [0, 0.05) is 6.42 Å². The molecule has 3 aromatic rings.